The first kappa shape index (κ1) is 20.4. The molecule has 2 fully saturated rings. The maximum atomic E-state index is 13.5. The van der Waals surface area contributed by atoms with Crippen LogP contribution in [-0.2, 0) is 9.47 Å². The van der Waals surface area contributed by atoms with Crippen molar-refractivity contribution in [2.75, 3.05) is 32.8 Å². The average molecular weight is 375 g/mol. The summed E-state index contributed by atoms with van der Waals surface area (Å²) in [6.45, 7) is 10.8. The van der Waals surface area contributed by atoms with Crippen LogP contribution in [0.1, 0.15) is 56.9 Å². The number of hydrogen-bond acceptors (Lipinski definition) is 5. The molecule has 2 aliphatic heterocycles. The number of hydrogen-bond donors (Lipinski definition) is 0. The average Bonchev–Trinajstić information content (AvgIpc) is 2.68. The molecule has 0 spiro atoms. The van der Waals surface area contributed by atoms with E-state index in [2.05, 4.69) is 30.7 Å². The van der Waals surface area contributed by atoms with Crippen molar-refractivity contribution in [3.63, 3.8) is 0 Å². The van der Waals surface area contributed by atoms with E-state index in [9.17, 15) is 4.79 Å². The molecule has 5 heteroatoms. The molecule has 0 N–H and O–H groups in total. The molecule has 1 aromatic rings. The topological polar surface area (TPSA) is 51.7 Å². The first-order valence-electron chi connectivity index (χ1n) is 10.4. The molecule has 2 saturated heterocycles. The molecule has 3 heterocycles. The van der Waals surface area contributed by atoms with Crippen LogP contribution in [0.5, 0.6) is 0 Å². The van der Waals surface area contributed by atoms with Crippen molar-refractivity contribution in [1.29, 1.82) is 0 Å². The lowest BCUT2D eigenvalue weighted by Crippen LogP contribution is -2.50. The largest absolute Gasteiger partial charge is 0.378 e. The minimum Gasteiger partial charge on any atom is -0.378 e. The molecule has 1 aromatic heterocycles. The van der Waals surface area contributed by atoms with Crippen LogP contribution in [-0.4, -0.2) is 60.7 Å². The van der Waals surface area contributed by atoms with Crippen molar-refractivity contribution in [3.8, 4) is 0 Å². The molecule has 0 unspecified atom stereocenters. The summed E-state index contributed by atoms with van der Waals surface area (Å²) in [5.41, 5.74) is 0.284. The molecule has 0 aromatic carbocycles. The number of ether oxygens (including phenoxy) is 2. The second kappa shape index (κ2) is 9.26. The number of piperidine rings is 1. The third kappa shape index (κ3) is 4.95. The number of nitrogens with zero attached hydrogens (tertiary/aromatic N) is 2. The fraction of sp³-hybridized carbons (Fsp3) is 0.727. The highest BCUT2D eigenvalue weighted by atomic mass is 16.5. The van der Waals surface area contributed by atoms with Gasteiger partial charge in [0.15, 0.2) is 5.78 Å². The van der Waals surface area contributed by atoms with Crippen LogP contribution in [0.3, 0.4) is 0 Å². The van der Waals surface area contributed by atoms with Gasteiger partial charge in [-0.3, -0.25) is 9.78 Å². The minimum atomic E-state index is -0.327. The second-order valence-corrected chi connectivity index (χ2v) is 8.37. The number of rotatable bonds is 7. The van der Waals surface area contributed by atoms with Crippen LogP contribution < -0.4 is 0 Å². The summed E-state index contributed by atoms with van der Waals surface area (Å²) in [5, 5.41) is 0. The van der Waals surface area contributed by atoms with E-state index in [-0.39, 0.29) is 23.4 Å². The molecular formula is C22H34N2O3. The zero-order chi connectivity index (χ0) is 19.3. The lowest BCUT2D eigenvalue weighted by atomic mass is 9.62. The molecule has 0 radical (unpaired) electrons. The fourth-order valence-corrected chi connectivity index (χ4v) is 4.76. The number of pyridine rings is 1. The Hall–Kier alpha value is -1.30. The number of ketones is 1. The predicted octanol–water partition coefficient (Wildman–Crippen LogP) is 3.59. The Labute approximate surface area is 163 Å². The number of Topliss-reactive ketones (excluding diaryl/α,β-unsaturated/α-hetero) is 1. The first-order chi connectivity index (χ1) is 13.0. The van der Waals surface area contributed by atoms with Crippen molar-refractivity contribution >= 4 is 5.78 Å². The van der Waals surface area contributed by atoms with Gasteiger partial charge in [0, 0.05) is 24.8 Å². The summed E-state index contributed by atoms with van der Waals surface area (Å²) in [5.74, 6) is 0.625. The van der Waals surface area contributed by atoms with Gasteiger partial charge in [-0.05, 0) is 77.6 Å². The lowest BCUT2D eigenvalue weighted by molar-refractivity contribution is -0.0603. The smallest absolute Gasteiger partial charge is 0.187 e. The van der Waals surface area contributed by atoms with Crippen LogP contribution in [0.2, 0.25) is 0 Å². The van der Waals surface area contributed by atoms with Crippen LogP contribution in [0.15, 0.2) is 24.4 Å². The van der Waals surface area contributed by atoms with Crippen LogP contribution in [0, 0.1) is 11.3 Å². The molecule has 27 heavy (non-hydrogen) atoms. The lowest BCUT2D eigenvalue weighted by Gasteiger charge is -2.47. The van der Waals surface area contributed by atoms with Gasteiger partial charge < -0.3 is 14.4 Å². The Kier molecular flexibility index (Phi) is 7.01. The molecule has 2 atom stereocenters. The van der Waals surface area contributed by atoms with Gasteiger partial charge in [-0.2, -0.15) is 0 Å². The minimum absolute atomic E-state index is 0.129. The SMILES string of the molecule is CC(C)OCCN1CCC([C@]2(C(=O)c3ccccn3)CCO[C@H](C)C2)CC1. The van der Waals surface area contributed by atoms with E-state index in [1.807, 2.05) is 18.2 Å². The van der Waals surface area contributed by atoms with E-state index in [1.54, 1.807) is 6.20 Å². The van der Waals surface area contributed by atoms with Crippen LogP contribution in [0.25, 0.3) is 0 Å². The summed E-state index contributed by atoms with van der Waals surface area (Å²) in [6, 6.07) is 5.64. The Balaban J connectivity index is 1.69. The summed E-state index contributed by atoms with van der Waals surface area (Å²) in [7, 11) is 0. The molecule has 0 saturated carbocycles. The number of aromatic nitrogens is 1. The molecule has 3 rings (SSSR count). The standard InChI is InChI=1S/C22H34N2O3/c1-17(2)26-15-13-24-11-7-19(8-12-24)22(9-14-27-18(3)16-22)21(25)20-6-4-5-10-23-20/h4-6,10,17-19H,7-9,11-16H2,1-3H3/t18-,22+/m1/s1. The number of carbonyl (C=O) groups is 1. The van der Waals surface area contributed by atoms with E-state index < -0.39 is 0 Å². The highest BCUT2D eigenvalue weighted by molar-refractivity contribution is 5.99. The van der Waals surface area contributed by atoms with Gasteiger partial charge in [-0.1, -0.05) is 6.07 Å². The summed E-state index contributed by atoms with van der Waals surface area (Å²) in [6.07, 6.45) is 5.88. The molecule has 0 amide bonds. The molecule has 150 valence electrons. The molecule has 0 aliphatic carbocycles. The van der Waals surface area contributed by atoms with Crippen molar-refractivity contribution in [2.45, 2.75) is 58.7 Å². The Morgan fingerprint density at radius 1 is 1.37 bits per heavy atom. The fourth-order valence-electron chi connectivity index (χ4n) is 4.76. The Morgan fingerprint density at radius 3 is 2.78 bits per heavy atom. The van der Waals surface area contributed by atoms with Gasteiger partial charge in [-0.25, -0.2) is 0 Å². The van der Waals surface area contributed by atoms with Crippen molar-refractivity contribution in [2.24, 2.45) is 11.3 Å². The summed E-state index contributed by atoms with van der Waals surface area (Å²) in [4.78, 5) is 20.4. The third-order valence-electron chi connectivity index (χ3n) is 6.18. The van der Waals surface area contributed by atoms with Crippen molar-refractivity contribution in [3.05, 3.63) is 30.1 Å². The monoisotopic (exact) mass is 374 g/mol. The molecular weight excluding hydrogens is 340 g/mol. The van der Waals surface area contributed by atoms with Crippen LogP contribution >= 0.6 is 0 Å². The highest BCUT2D eigenvalue weighted by Gasteiger charge is 2.49. The zero-order valence-corrected chi connectivity index (χ0v) is 17.0. The van der Waals surface area contributed by atoms with Gasteiger partial charge in [0.2, 0.25) is 0 Å². The van der Waals surface area contributed by atoms with E-state index in [4.69, 9.17) is 9.47 Å². The Bertz CT molecular complexity index is 599. The zero-order valence-electron chi connectivity index (χ0n) is 17.0. The highest BCUT2D eigenvalue weighted by Crippen LogP contribution is 2.47. The maximum Gasteiger partial charge on any atom is 0.187 e. The van der Waals surface area contributed by atoms with Crippen LogP contribution in [0.4, 0.5) is 0 Å². The maximum absolute atomic E-state index is 13.5. The normalized spacial score (nSPS) is 27.8. The van der Waals surface area contributed by atoms with E-state index >= 15 is 0 Å². The first-order valence-corrected chi connectivity index (χ1v) is 10.4. The summed E-state index contributed by atoms with van der Waals surface area (Å²) < 4.78 is 11.5. The van der Waals surface area contributed by atoms with E-state index in [1.165, 1.54) is 0 Å². The quantitative estimate of drug-likeness (QED) is 0.683. The second-order valence-electron chi connectivity index (χ2n) is 8.37. The molecule has 2 aliphatic rings. The van der Waals surface area contributed by atoms with Crippen molar-refractivity contribution in [1.82, 2.24) is 9.88 Å². The third-order valence-corrected chi connectivity index (χ3v) is 6.18. The number of carbonyl (C=O) groups excluding carboxylic acids is 1. The molecule has 5 nitrogen and oxygen atoms in total. The van der Waals surface area contributed by atoms with E-state index in [0.29, 0.717) is 18.2 Å². The van der Waals surface area contributed by atoms with Gasteiger partial charge in [0.05, 0.1) is 18.8 Å². The van der Waals surface area contributed by atoms with E-state index in [0.717, 1.165) is 51.9 Å². The molecule has 0 bridgehead atoms. The summed E-state index contributed by atoms with van der Waals surface area (Å²) >= 11 is 0. The van der Waals surface area contributed by atoms with Gasteiger partial charge >= 0.3 is 0 Å². The van der Waals surface area contributed by atoms with Crippen molar-refractivity contribution < 1.29 is 14.3 Å². The number of likely N-dealkylation sites (tertiary alicyclic amines) is 1. The Morgan fingerprint density at radius 2 is 2.15 bits per heavy atom. The van der Waals surface area contributed by atoms with Gasteiger partial charge in [0.1, 0.15) is 5.69 Å². The van der Waals surface area contributed by atoms with Gasteiger partial charge in [-0.15, -0.1) is 0 Å². The predicted molar refractivity (Wildman–Crippen MR) is 106 cm³/mol. The van der Waals surface area contributed by atoms with Gasteiger partial charge in [0.25, 0.3) is 0 Å².